The Kier molecular flexibility index (Phi) is 5.10. The van der Waals surface area contributed by atoms with Gasteiger partial charge in [-0.3, -0.25) is 4.79 Å². The highest BCUT2D eigenvalue weighted by atomic mass is 19.4. The number of aromatic amines is 1. The number of alkyl halides is 3. The van der Waals surface area contributed by atoms with Crippen LogP contribution in [0.5, 0.6) is 0 Å². The van der Waals surface area contributed by atoms with Crippen LogP contribution in [0.2, 0.25) is 0 Å². The molecule has 1 N–H and O–H groups in total. The molecule has 158 valence electrons. The lowest BCUT2D eigenvalue weighted by Gasteiger charge is -2.36. The predicted octanol–water partition coefficient (Wildman–Crippen LogP) is 5.94. The zero-order valence-corrected chi connectivity index (χ0v) is 16.7. The van der Waals surface area contributed by atoms with E-state index < -0.39 is 23.5 Å². The standard InChI is InChI=1S/C23H22F3NO3/c1-3-12-22(30-14(2)28)21-19(11-13-29-22)18-6-4-5-17(20(18)27-21)15-7-9-16(10-8-15)23(24,25)26/h4-10,27H,3,11-13H2,1-2H3. The van der Waals surface area contributed by atoms with E-state index in [1.54, 1.807) is 0 Å². The number of ether oxygens (including phenoxy) is 2. The summed E-state index contributed by atoms with van der Waals surface area (Å²) in [5.74, 6) is -1.61. The minimum absolute atomic E-state index is 0.414. The number of esters is 1. The minimum atomic E-state index is -4.38. The van der Waals surface area contributed by atoms with Gasteiger partial charge in [0.25, 0.3) is 5.79 Å². The Morgan fingerprint density at radius 2 is 1.93 bits per heavy atom. The number of carbonyl (C=O) groups excluding carboxylic acids is 1. The van der Waals surface area contributed by atoms with E-state index >= 15 is 0 Å². The topological polar surface area (TPSA) is 51.3 Å². The third-order valence-corrected chi connectivity index (χ3v) is 5.42. The summed E-state index contributed by atoms with van der Waals surface area (Å²) in [4.78, 5) is 15.2. The zero-order chi connectivity index (χ0) is 21.5. The SMILES string of the molecule is CCCC1(OC(C)=O)OCCc2c1[nH]c1c(-c3ccc(C(F)(F)F)cc3)cccc21. The number of hydrogen-bond acceptors (Lipinski definition) is 3. The first-order valence-corrected chi connectivity index (χ1v) is 9.90. The quantitative estimate of drug-likeness (QED) is 0.535. The van der Waals surface area contributed by atoms with Gasteiger partial charge in [0.05, 0.1) is 23.4 Å². The van der Waals surface area contributed by atoms with E-state index in [1.807, 2.05) is 25.1 Å². The van der Waals surface area contributed by atoms with Crippen molar-refractivity contribution in [1.29, 1.82) is 0 Å². The molecular formula is C23H22F3NO3. The van der Waals surface area contributed by atoms with Gasteiger partial charge in [0.1, 0.15) is 0 Å². The Morgan fingerprint density at radius 1 is 1.20 bits per heavy atom. The number of hydrogen-bond donors (Lipinski definition) is 1. The van der Waals surface area contributed by atoms with Crippen molar-refractivity contribution in [3.05, 3.63) is 59.3 Å². The van der Waals surface area contributed by atoms with Gasteiger partial charge in [0.15, 0.2) is 0 Å². The minimum Gasteiger partial charge on any atom is -0.427 e. The Balaban J connectivity index is 1.87. The largest absolute Gasteiger partial charge is 0.427 e. The monoisotopic (exact) mass is 417 g/mol. The molecule has 1 aliphatic heterocycles. The summed E-state index contributed by atoms with van der Waals surface area (Å²) >= 11 is 0. The molecule has 0 saturated heterocycles. The number of rotatable bonds is 4. The number of nitrogens with one attached hydrogen (secondary N) is 1. The molecule has 0 fully saturated rings. The van der Waals surface area contributed by atoms with Gasteiger partial charge in [-0.1, -0.05) is 37.3 Å². The number of carbonyl (C=O) groups is 1. The van der Waals surface area contributed by atoms with Crippen LogP contribution < -0.4 is 0 Å². The average Bonchev–Trinajstić information content (AvgIpc) is 3.08. The summed E-state index contributed by atoms with van der Waals surface area (Å²) in [6.07, 6.45) is -2.48. The number of H-pyrrole nitrogens is 1. The molecule has 0 aliphatic carbocycles. The van der Waals surface area contributed by atoms with Crippen molar-refractivity contribution in [3.63, 3.8) is 0 Å². The summed E-state index contributed by atoms with van der Waals surface area (Å²) in [7, 11) is 0. The third-order valence-electron chi connectivity index (χ3n) is 5.42. The maximum atomic E-state index is 12.9. The van der Waals surface area contributed by atoms with Gasteiger partial charge >= 0.3 is 12.1 Å². The van der Waals surface area contributed by atoms with Crippen LogP contribution in [-0.4, -0.2) is 17.6 Å². The van der Waals surface area contributed by atoms with Crippen molar-refractivity contribution >= 4 is 16.9 Å². The number of halogens is 3. The first-order valence-electron chi connectivity index (χ1n) is 9.90. The van der Waals surface area contributed by atoms with Crippen LogP contribution in [0.1, 0.15) is 43.5 Å². The number of fused-ring (bicyclic) bond motifs is 3. The second-order valence-corrected chi connectivity index (χ2v) is 7.48. The second kappa shape index (κ2) is 7.47. The molecule has 7 heteroatoms. The van der Waals surface area contributed by atoms with Gasteiger partial charge in [0, 0.05) is 24.3 Å². The highest BCUT2D eigenvalue weighted by molar-refractivity contribution is 5.97. The fourth-order valence-corrected chi connectivity index (χ4v) is 4.22. The first-order chi connectivity index (χ1) is 14.2. The molecule has 3 aromatic rings. The normalized spacial score (nSPS) is 19.0. The molecular weight excluding hydrogens is 395 g/mol. The van der Waals surface area contributed by atoms with Gasteiger partial charge < -0.3 is 14.5 Å². The lowest BCUT2D eigenvalue weighted by molar-refractivity contribution is -0.247. The fraction of sp³-hybridized carbons (Fsp3) is 0.348. The average molecular weight is 417 g/mol. The van der Waals surface area contributed by atoms with Crippen LogP contribution in [0.4, 0.5) is 13.2 Å². The summed E-state index contributed by atoms with van der Waals surface area (Å²) in [6.45, 7) is 3.75. The summed E-state index contributed by atoms with van der Waals surface area (Å²) in [5, 5.41) is 0.957. The molecule has 1 atom stereocenters. The number of aromatic nitrogens is 1. The molecule has 4 nitrogen and oxygen atoms in total. The van der Waals surface area contributed by atoms with E-state index in [0.717, 1.165) is 40.6 Å². The Morgan fingerprint density at radius 3 is 2.57 bits per heavy atom. The molecule has 1 aliphatic rings. The van der Waals surface area contributed by atoms with Crippen LogP contribution in [0.25, 0.3) is 22.0 Å². The van der Waals surface area contributed by atoms with Gasteiger partial charge in [-0.05, 0) is 36.1 Å². The first kappa shape index (κ1) is 20.5. The van der Waals surface area contributed by atoms with Crippen LogP contribution in [0, 0.1) is 0 Å². The van der Waals surface area contributed by atoms with Gasteiger partial charge in [-0.15, -0.1) is 0 Å². The van der Waals surface area contributed by atoms with E-state index in [-0.39, 0.29) is 0 Å². The van der Waals surface area contributed by atoms with Gasteiger partial charge in [-0.2, -0.15) is 13.2 Å². The molecule has 0 amide bonds. The Bertz CT molecular complexity index is 1090. The smallest absolute Gasteiger partial charge is 0.416 e. The van der Waals surface area contributed by atoms with E-state index in [9.17, 15) is 18.0 Å². The molecule has 0 spiro atoms. The molecule has 2 heterocycles. The van der Waals surface area contributed by atoms with E-state index in [2.05, 4.69) is 4.98 Å². The summed E-state index contributed by atoms with van der Waals surface area (Å²) in [5.41, 5.74) is 3.28. The lowest BCUT2D eigenvalue weighted by Crippen LogP contribution is -2.39. The van der Waals surface area contributed by atoms with Crippen molar-refractivity contribution in [2.75, 3.05) is 6.61 Å². The second-order valence-electron chi connectivity index (χ2n) is 7.48. The van der Waals surface area contributed by atoms with Crippen molar-refractivity contribution in [2.24, 2.45) is 0 Å². The van der Waals surface area contributed by atoms with Crippen molar-refractivity contribution in [3.8, 4) is 11.1 Å². The van der Waals surface area contributed by atoms with E-state index in [4.69, 9.17) is 9.47 Å². The van der Waals surface area contributed by atoms with Gasteiger partial charge in [-0.25, -0.2) is 0 Å². The van der Waals surface area contributed by atoms with E-state index in [1.165, 1.54) is 19.1 Å². The molecule has 0 radical (unpaired) electrons. The molecule has 0 bridgehead atoms. The Hall–Kier alpha value is -2.80. The maximum absolute atomic E-state index is 12.9. The molecule has 30 heavy (non-hydrogen) atoms. The number of para-hydroxylation sites is 1. The summed E-state index contributed by atoms with van der Waals surface area (Å²) < 4.78 is 50.4. The molecule has 1 aromatic heterocycles. The van der Waals surface area contributed by atoms with Crippen molar-refractivity contribution < 1.29 is 27.4 Å². The highest BCUT2D eigenvalue weighted by Crippen LogP contribution is 2.43. The predicted molar refractivity (Wildman–Crippen MR) is 107 cm³/mol. The fourth-order valence-electron chi connectivity index (χ4n) is 4.22. The molecule has 0 saturated carbocycles. The zero-order valence-electron chi connectivity index (χ0n) is 16.7. The maximum Gasteiger partial charge on any atom is 0.416 e. The van der Waals surface area contributed by atoms with Crippen LogP contribution in [0.3, 0.4) is 0 Å². The third kappa shape index (κ3) is 3.47. The summed E-state index contributed by atoms with van der Waals surface area (Å²) in [6, 6.07) is 10.8. The molecule has 1 unspecified atom stereocenters. The molecule has 4 rings (SSSR count). The van der Waals surface area contributed by atoms with Crippen molar-refractivity contribution in [1.82, 2.24) is 4.98 Å². The molecule has 2 aromatic carbocycles. The number of benzene rings is 2. The van der Waals surface area contributed by atoms with Crippen LogP contribution in [0.15, 0.2) is 42.5 Å². The van der Waals surface area contributed by atoms with Crippen LogP contribution >= 0.6 is 0 Å². The highest BCUT2D eigenvalue weighted by Gasteiger charge is 2.43. The van der Waals surface area contributed by atoms with E-state index in [0.29, 0.717) is 30.7 Å². The van der Waals surface area contributed by atoms with Crippen LogP contribution in [-0.2, 0) is 32.7 Å². The Labute approximate surface area is 172 Å². The lowest BCUT2D eigenvalue weighted by atomic mass is 9.95. The van der Waals surface area contributed by atoms with Crippen molar-refractivity contribution in [2.45, 2.75) is 45.1 Å². The van der Waals surface area contributed by atoms with Gasteiger partial charge in [0.2, 0.25) is 0 Å².